The Hall–Kier alpha value is -1.87. The lowest BCUT2D eigenvalue weighted by atomic mass is 9.83. The second kappa shape index (κ2) is 9.89. The predicted molar refractivity (Wildman–Crippen MR) is 114 cm³/mol. The van der Waals surface area contributed by atoms with Crippen LogP contribution in [-0.4, -0.2) is 17.6 Å². The van der Waals surface area contributed by atoms with E-state index < -0.39 is 5.67 Å². The molecule has 1 aromatic heterocycles. The predicted octanol–water partition coefficient (Wildman–Crippen LogP) is 6.56. The van der Waals surface area contributed by atoms with Gasteiger partial charge in [0.05, 0.1) is 6.04 Å². The molecule has 0 amide bonds. The Morgan fingerprint density at radius 2 is 1.78 bits per heavy atom. The Morgan fingerprint density at radius 3 is 2.59 bits per heavy atom. The van der Waals surface area contributed by atoms with Gasteiger partial charge in [0.15, 0.2) is 5.67 Å². The van der Waals surface area contributed by atoms with E-state index >= 15 is 4.39 Å². The van der Waals surface area contributed by atoms with Crippen molar-refractivity contribution in [3.8, 4) is 0 Å². The molecule has 146 valence electrons. The number of aromatic amines is 1. The normalized spacial score (nSPS) is 21.9. The first-order valence-corrected chi connectivity index (χ1v) is 10.6. The van der Waals surface area contributed by atoms with Crippen molar-refractivity contribution in [2.75, 3.05) is 6.54 Å². The summed E-state index contributed by atoms with van der Waals surface area (Å²) in [5.41, 5.74) is 0.195. The highest BCUT2D eigenvalue weighted by molar-refractivity contribution is 5.84. The van der Waals surface area contributed by atoms with Crippen LogP contribution in [-0.2, 0) is 5.67 Å². The van der Waals surface area contributed by atoms with Crippen LogP contribution in [0.25, 0.3) is 10.9 Å². The van der Waals surface area contributed by atoms with Crippen LogP contribution in [0.5, 0.6) is 0 Å². The second-order valence-corrected chi connectivity index (χ2v) is 7.66. The summed E-state index contributed by atoms with van der Waals surface area (Å²) in [6.45, 7) is 3.11. The first-order valence-electron chi connectivity index (χ1n) is 10.6. The fourth-order valence-electron chi connectivity index (χ4n) is 4.02. The minimum Gasteiger partial charge on any atom is -0.361 e. The average Bonchev–Trinajstić information content (AvgIpc) is 3.17. The quantitative estimate of drug-likeness (QED) is 0.432. The van der Waals surface area contributed by atoms with Crippen LogP contribution in [0.4, 0.5) is 4.39 Å². The third kappa shape index (κ3) is 4.90. The van der Waals surface area contributed by atoms with Crippen LogP contribution < -0.4 is 5.32 Å². The fourth-order valence-corrected chi connectivity index (χ4v) is 4.02. The maximum atomic E-state index is 16.1. The van der Waals surface area contributed by atoms with Gasteiger partial charge < -0.3 is 10.3 Å². The summed E-state index contributed by atoms with van der Waals surface area (Å²) in [5.74, 6) is 0. The van der Waals surface area contributed by atoms with Crippen molar-refractivity contribution in [1.82, 2.24) is 10.3 Å². The third-order valence-corrected chi connectivity index (χ3v) is 5.61. The van der Waals surface area contributed by atoms with Gasteiger partial charge in [0.2, 0.25) is 0 Å². The zero-order valence-electron chi connectivity index (χ0n) is 16.5. The van der Waals surface area contributed by atoms with Crippen LogP contribution in [0, 0.1) is 0 Å². The van der Waals surface area contributed by atoms with E-state index in [0.717, 1.165) is 29.4 Å². The van der Waals surface area contributed by atoms with Crippen molar-refractivity contribution < 1.29 is 4.39 Å². The molecule has 2 unspecified atom stereocenters. The van der Waals surface area contributed by atoms with Gasteiger partial charge in [-0.15, -0.1) is 0 Å². The lowest BCUT2D eigenvalue weighted by molar-refractivity contribution is 0.186. The van der Waals surface area contributed by atoms with Gasteiger partial charge >= 0.3 is 0 Å². The number of alkyl halides is 1. The highest BCUT2D eigenvalue weighted by atomic mass is 19.1. The molecule has 0 aliphatic heterocycles. The molecular formula is C24H33FN2. The Bertz CT molecular complexity index is 761. The van der Waals surface area contributed by atoms with Crippen molar-refractivity contribution >= 4 is 10.9 Å². The fraction of sp³-hybridized carbons (Fsp3) is 0.500. The SMILES string of the molecule is CCCCCCCCCCNC1C=CC=CC1(F)c1cccc2[nH]ccc12. The molecular weight excluding hydrogens is 335 g/mol. The second-order valence-electron chi connectivity index (χ2n) is 7.66. The molecule has 1 aromatic carbocycles. The minimum atomic E-state index is -1.52. The van der Waals surface area contributed by atoms with E-state index in [9.17, 15) is 0 Å². The Kier molecular flexibility index (Phi) is 7.28. The number of unbranched alkanes of at least 4 members (excludes halogenated alkanes) is 7. The smallest absolute Gasteiger partial charge is 0.173 e. The molecule has 2 aromatic rings. The Labute approximate surface area is 162 Å². The van der Waals surface area contributed by atoms with Crippen LogP contribution >= 0.6 is 0 Å². The molecule has 3 heteroatoms. The van der Waals surface area contributed by atoms with E-state index in [0.29, 0.717) is 0 Å². The van der Waals surface area contributed by atoms with E-state index in [2.05, 4.69) is 17.2 Å². The van der Waals surface area contributed by atoms with E-state index in [1.165, 1.54) is 44.9 Å². The molecule has 1 heterocycles. The lowest BCUT2D eigenvalue weighted by Crippen LogP contribution is -2.44. The summed E-state index contributed by atoms with van der Waals surface area (Å²) in [6.07, 6.45) is 19.6. The van der Waals surface area contributed by atoms with Crippen LogP contribution in [0.1, 0.15) is 63.9 Å². The maximum Gasteiger partial charge on any atom is 0.173 e. The van der Waals surface area contributed by atoms with Gasteiger partial charge in [-0.3, -0.25) is 0 Å². The third-order valence-electron chi connectivity index (χ3n) is 5.61. The van der Waals surface area contributed by atoms with Crippen molar-refractivity contribution in [1.29, 1.82) is 0 Å². The first-order chi connectivity index (χ1) is 13.3. The summed E-state index contributed by atoms with van der Waals surface area (Å²) < 4.78 is 16.1. The molecule has 0 spiro atoms. The summed E-state index contributed by atoms with van der Waals surface area (Å²) in [6, 6.07) is 7.47. The van der Waals surface area contributed by atoms with Gasteiger partial charge in [0.25, 0.3) is 0 Å². The number of nitrogens with one attached hydrogen (secondary N) is 2. The van der Waals surface area contributed by atoms with Crippen molar-refractivity contribution in [3.05, 3.63) is 60.3 Å². The minimum absolute atomic E-state index is 0.326. The number of rotatable bonds is 11. The molecule has 2 N–H and O–H groups in total. The molecule has 0 fully saturated rings. The van der Waals surface area contributed by atoms with Gasteiger partial charge in [-0.1, -0.05) is 82.2 Å². The van der Waals surface area contributed by atoms with Crippen molar-refractivity contribution in [3.63, 3.8) is 0 Å². The van der Waals surface area contributed by atoms with E-state index in [1.807, 2.05) is 48.7 Å². The summed E-state index contributed by atoms with van der Waals surface area (Å²) >= 11 is 0. The number of fused-ring (bicyclic) bond motifs is 1. The number of benzene rings is 1. The van der Waals surface area contributed by atoms with Gasteiger partial charge in [-0.05, 0) is 31.2 Å². The average molecular weight is 369 g/mol. The largest absolute Gasteiger partial charge is 0.361 e. The van der Waals surface area contributed by atoms with Crippen molar-refractivity contribution in [2.24, 2.45) is 0 Å². The maximum absolute atomic E-state index is 16.1. The number of allylic oxidation sites excluding steroid dienone is 2. The lowest BCUT2D eigenvalue weighted by Gasteiger charge is -2.33. The number of hydrogen-bond acceptors (Lipinski definition) is 1. The monoisotopic (exact) mass is 368 g/mol. The first kappa shape index (κ1) is 19.9. The van der Waals surface area contributed by atoms with Crippen molar-refractivity contribution in [2.45, 2.75) is 70.0 Å². The molecule has 0 bridgehead atoms. The molecule has 0 saturated carbocycles. The van der Waals surface area contributed by atoms with E-state index in [1.54, 1.807) is 6.08 Å². The number of hydrogen-bond donors (Lipinski definition) is 2. The van der Waals surface area contributed by atoms with Gasteiger partial charge in [-0.25, -0.2) is 4.39 Å². The Morgan fingerprint density at radius 1 is 1.00 bits per heavy atom. The van der Waals surface area contributed by atoms with Crippen LogP contribution in [0.3, 0.4) is 0 Å². The molecule has 3 rings (SSSR count). The number of aromatic nitrogens is 1. The van der Waals surface area contributed by atoms with E-state index in [-0.39, 0.29) is 6.04 Å². The molecule has 1 aliphatic carbocycles. The molecule has 2 nitrogen and oxygen atoms in total. The van der Waals surface area contributed by atoms with Crippen LogP contribution in [0.15, 0.2) is 54.8 Å². The van der Waals surface area contributed by atoms with E-state index in [4.69, 9.17) is 0 Å². The zero-order chi connectivity index (χ0) is 19.0. The zero-order valence-corrected chi connectivity index (χ0v) is 16.5. The Balaban J connectivity index is 1.53. The van der Waals surface area contributed by atoms with Gasteiger partial charge in [-0.2, -0.15) is 0 Å². The number of H-pyrrole nitrogens is 1. The van der Waals surface area contributed by atoms with Gasteiger partial charge in [0.1, 0.15) is 0 Å². The van der Waals surface area contributed by atoms with Gasteiger partial charge in [0, 0.05) is 22.7 Å². The topological polar surface area (TPSA) is 27.8 Å². The summed E-state index contributed by atoms with van der Waals surface area (Å²) in [4.78, 5) is 3.19. The highest BCUT2D eigenvalue weighted by Crippen LogP contribution is 2.38. The standard InChI is InChI=1S/C24H33FN2/c1-2-3-4-5-6-7-8-11-18-27-23-15-9-10-17-24(23,25)21-13-12-14-22-20(21)16-19-26-22/h9-10,12-17,19,23,26-27H,2-8,11,18H2,1H3. The highest BCUT2D eigenvalue weighted by Gasteiger charge is 2.39. The molecule has 0 saturated heterocycles. The summed E-state index contributed by atoms with van der Waals surface area (Å²) in [7, 11) is 0. The summed E-state index contributed by atoms with van der Waals surface area (Å²) in [5, 5.41) is 4.41. The number of halogens is 1. The molecule has 27 heavy (non-hydrogen) atoms. The van der Waals surface area contributed by atoms with Crippen LogP contribution in [0.2, 0.25) is 0 Å². The molecule has 1 aliphatic rings. The molecule has 0 radical (unpaired) electrons. The molecule has 2 atom stereocenters.